The number of hydrogen-bond acceptors (Lipinski definition) is 5. The number of methoxy groups -OCH3 is 2. The van der Waals surface area contributed by atoms with Crippen LogP contribution in [0.3, 0.4) is 0 Å². The van der Waals surface area contributed by atoms with Crippen molar-refractivity contribution in [3.63, 3.8) is 0 Å². The van der Waals surface area contributed by atoms with E-state index in [0.29, 0.717) is 22.6 Å². The highest BCUT2D eigenvalue weighted by molar-refractivity contribution is 6.51. The first kappa shape index (κ1) is 21.1. The van der Waals surface area contributed by atoms with Crippen molar-refractivity contribution >= 4 is 23.1 Å². The van der Waals surface area contributed by atoms with E-state index < -0.39 is 23.5 Å². The van der Waals surface area contributed by atoms with Gasteiger partial charge >= 0.3 is 0 Å². The summed E-state index contributed by atoms with van der Waals surface area (Å²) in [6, 6.07) is 17.8. The summed E-state index contributed by atoms with van der Waals surface area (Å²) >= 11 is 0. The normalized spacial score (nSPS) is 17.5. The van der Waals surface area contributed by atoms with Crippen LogP contribution in [0, 0.1) is 5.82 Å². The van der Waals surface area contributed by atoms with Crippen LogP contribution in [-0.2, 0) is 9.59 Å². The van der Waals surface area contributed by atoms with Crippen molar-refractivity contribution < 1.29 is 28.6 Å². The summed E-state index contributed by atoms with van der Waals surface area (Å²) in [5, 5.41) is 11.1. The van der Waals surface area contributed by atoms with E-state index in [1.165, 1.54) is 43.4 Å². The molecule has 0 spiro atoms. The Bertz CT molecular complexity index is 1240. The van der Waals surface area contributed by atoms with Crippen LogP contribution in [0.1, 0.15) is 17.2 Å². The first-order chi connectivity index (χ1) is 15.4. The van der Waals surface area contributed by atoms with Crippen molar-refractivity contribution in [1.82, 2.24) is 0 Å². The van der Waals surface area contributed by atoms with Gasteiger partial charge in [0.15, 0.2) is 0 Å². The molecule has 0 aliphatic carbocycles. The van der Waals surface area contributed by atoms with Crippen molar-refractivity contribution in [2.75, 3.05) is 19.1 Å². The topological polar surface area (TPSA) is 76.1 Å². The first-order valence-corrected chi connectivity index (χ1v) is 9.79. The average molecular weight is 433 g/mol. The molecular formula is C25H20FNO5. The maximum absolute atomic E-state index is 14.0. The molecule has 32 heavy (non-hydrogen) atoms. The van der Waals surface area contributed by atoms with Gasteiger partial charge in [0.05, 0.1) is 25.8 Å². The van der Waals surface area contributed by atoms with E-state index >= 15 is 0 Å². The summed E-state index contributed by atoms with van der Waals surface area (Å²) < 4.78 is 24.5. The second-order valence-corrected chi connectivity index (χ2v) is 7.16. The summed E-state index contributed by atoms with van der Waals surface area (Å²) in [6.07, 6.45) is 0. The van der Waals surface area contributed by atoms with E-state index in [-0.39, 0.29) is 17.0 Å². The minimum Gasteiger partial charge on any atom is -0.507 e. The third-order valence-corrected chi connectivity index (χ3v) is 5.28. The minimum atomic E-state index is -0.988. The predicted molar refractivity (Wildman–Crippen MR) is 117 cm³/mol. The van der Waals surface area contributed by atoms with Gasteiger partial charge in [0.2, 0.25) is 0 Å². The molecule has 162 valence electrons. The van der Waals surface area contributed by atoms with E-state index in [4.69, 9.17) is 9.47 Å². The molecule has 1 heterocycles. The van der Waals surface area contributed by atoms with Gasteiger partial charge in [0.1, 0.15) is 23.1 Å². The molecule has 1 amide bonds. The molecular weight excluding hydrogens is 413 g/mol. The largest absolute Gasteiger partial charge is 0.507 e. The monoisotopic (exact) mass is 433 g/mol. The number of aliphatic hydroxyl groups excluding tert-OH is 1. The standard InChI is InChI=1S/C25H20FNO5/c1-31-19-10-3-6-15(12-19)22-21(23(28)16-7-4-11-20(13-16)32-2)24(29)25(30)27(22)18-9-5-8-17(26)14-18/h3-14,22,28H,1-2H3/b23-21+. The maximum atomic E-state index is 14.0. The summed E-state index contributed by atoms with van der Waals surface area (Å²) in [4.78, 5) is 27.4. The highest BCUT2D eigenvalue weighted by Gasteiger charge is 2.47. The number of rotatable bonds is 5. The molecule has 0 saturated carbocycles. The van der Waals surface area contributed by atoms with Gasteiger partial charge in [-0.25, -0.2) is 4.39 Å². The lowest BCUT2D eigenvalue weighted by atomic mass is 9.95. The van der Waals surface area contributed by atoms with Gasteiger partial charge in [-0.3, -0.25) is 14.5 Å². The van der Waals surface area contributed by atoms with Crippen molar-refractivity contribution in [2.24, 2.45) is 0 Å². The molecule has 1 aliphatic rings. The van der Waals surface area contributed by atoms with E-state index in [0.717, 1.165) is 0 Å². The van der Waals surface area contributed by atoms with Gasteiger partial charge in [-0.1, -0.05) is 30.3 Å². The van der Waals surface area contributed by atoms with Gasteiger partial charge in [0.25, 0.3) is 11.7 Å². The number of Topliss-reactive ketones (excluding diaryl/α,β-unsaturated/α-hetero) is 1. The molecule has 1 fully saturated rings. The van der Waals surface area contributed by atoms with Gasteiger partial charge < -0.3 is 14.6 Å². The molecule has 0 radical (unpaired) electrons. The number of carbonyl (C=O) groups excluding carboxylic acids is 2. The number of halogens is 1. The Hall–Kier alpha value is -4.13. The molecule has 1 saturated heterocycles. The molecule has 4 rings (SSSR count). The zero-order chi connectivity index (χ0) is 22.8. The lowest BCUT2D eigenvalue weighted by Gasteiger charge is -2.25. The van der Waals surface area contributed by atoms with Crippen LogP contribution in [0.5, 0.6) is 11.5 Å². The van der Waals surface area contributed by atoms with Crippen LogP contribution in [0.15, 0.2) is 78.4 Å². The lowest BCUT2D eigenvalue weighted by molar-refractivity contribution is -0.132. The smallest absolute Gasteiger partial charge is 0.300 e. The molecule has 6 nitrogen and oxygen atoms in total. The second kappa shape index (κ2) is 8.55. The zero-order valence-corrected chi connectivity index (χ0v) is 17.4. The Morgan fingerprint density at radius 3 is 2.25 bits per heavy atom. The van der Waals surface area contributed by atoms with Gasteiger partial charge in [0, 0.05) is 11.3 Å². The fourth-order valence-corrected chi connectivity index (χ4v) is 3.78. The number of amides is 1. The van der Waals surface area contributed by atoms with E-state index in [9.17, 15) is 19.1 Å². The fraction of sp³-hybridized carbons (Fsp3) is 0.120. The summed E-state index contributed by atoms with van der Waals surface area (Å²) in [7, 11) is 2.98. The molecule has 7 heteroatoms. The van der Waals surface area contributed by atoms with Crippen molar-refractivity contribution in [1.29, 1.82) is 0 Å². The number of anilines is 1. The van der Waals surface area contributed by atoms with Crippen LogP contribution in [0.25, 0.3) is 5.76 Å². The first-order valence-electron chi connectivity index (χ1n) is 9.79. The Labute approximate surface area is 184 Å². The van der Waals surface area contributed by atoms with Crippen LogP contribution in [0.4, 0.5) is 10.1 Å². The highest BCUT2D eigenvalue weighted by atomic mass is 19.1. The number of ketones is 1. The average Bonchev–Trinajstić information content (AvgIpc) is 3.09. The summed E-state index contributed by atoms with van der Waals surface area (Å²) in [5.41, 5.74) is 0.928. The number of nitrogens with zero attached hydrogens (tertiary/aromatic N) is 1. The summed E-state index contributed by atoms with van der Waals surface area (Å²) in [5.74, 6) is -1.66. The third kappa shape index (κ3) is 3.69. The quantitative estimate of drug-likeness (QED) is 0.365. The number of carbonyl (C=O) groups is 2. The predicted octanol–water partition coefficient (Wildman–Crippen LogP) is 4.47. The third-order valence-electron chi connectivity index (χ3n) is 5.28. The van der Waals surface area contributed by atoms with E-state index in [1.807, 2.05) is 0 Å². The molecule has 3 aromatic carbocycles. The van der Waals surface area contributed by atoms with Crippen molar-refractivity contribution in [3.05, 3.63) is 95.3 Å². The van der Waals surface area contributed by atoms with Crippen molar-refractivity contribution in [2.45, 2.75) is 6.04 Å². The molecule has 1 unspecified atom stereocenters. The molecule has 0 aromatic heterocycles. The number of hydrogen-bond donors (Lipinski definition) is 1. The van der Waals surface area contributed by atoms with Gasteiger partial charge in [-0.05, 0) is 48.0 Å². The Morgan fingerprint density at radius 1 is 0.906 bits per heavy atom. The van der Waals surface area contributed by atoms with E-state index in [2.05, 4.69) is 0 Å². The van der Waals surface area contributed by atoms with Crippen LogP contribution < -0.4 is 14.4 Å². The van der Waals surface area contributed by atoms with Gasteiger partial charge in [-0.15, -0.1) is 0 Å². The summed E-state index contributed by atoms with van der Waals surface area (Å²) in [6.45, 7) is 0. The molecule has 1 atom stereocenters. The van der Waals surface area contributed by atoms with E-state index in [1.54, 1.807) is 48.5 Å². The number of benzene rings is 3. The molecule has 3 aromatic rings. The maximum Gasteiger partial charge on any atom is 0.300 e. The van der Waals surface area contributed by atoms with Crippen LogP contribution >= 0.6 is 0 Å². The number of ether oxygens (including phenoxy) is 2. The Morgan fingerprint density at radius 2 is 1.56 bits per heavy atom. The van der Waals surface area contributed by atoms with Gasteiger partial charge in [-0.2, -0.15) is 0 Å². The lowest BCUT2D eigenvalue weighted by Crippen LogP contribution is -2.29. The van der Waals surface area contributed by atoms with Crippen LogP contribution in [-0.4, -0.2) is 31.0 Å². The highest BCUT2D eigenvalue weighted by Crippen LogP contribution is 2.43. The minimum absolute atomic E-state index is 0.110. The Kier molecular flexibility index (Phi) is 5.64. The fourth-order valence-electron chi connectivity index (χ4n) is 3.78. The van der Waals surface area contributed by atoms with Crippen molar-refractivity contribution in [3.8, 4) is 11.5 Å². The molecule has 1 aliphatic heterocycles. The Balaban J connectivity index is 1.96. The van der Waals surface area contributed by atoms with Crippen LogP contribution in [0.2, 0.25) is 0 Å². The second-order valence-electron chi connectivity index (χ2n) is 7.16. The molecule has 0 bridgehead atoms. The number of aliphatic hydroxyl groups is 1. The zero-order valence-electron chi connectivity index (χ0n) is 17.4. The SMILES string of the molecule is COc1cccc(/C(O)=C2\C(=O)C(=O)N(c3cccc(F)c3)C2c2cccc(OC)c2)c1. The molecule has 1 N–H and O–H groups in total.